The van der Waals surface area contributed by atoms with Crippen LogP contribution in [-0.2, 0) is 19.6 Å². The normalized spacial score (nSPS) is 16.3. The summed E-state index contributed by atoms with van der Waals surface area (Å²) in [7, 11) is -3.97. The van der Waals surface area contributed by atoms with E-state index in [0.29, 0.717) is 22.8 Å². The molecule has 10 heteroatoms. The summed E-state index contributed by atoms with van der Waals surface area (Å²) in [6.45, 7) is 3.90. The van der Waals surface area contributed by atoms with Crippen molar-refractivity contribution in [3.8, 4) is 0 Å². The fourth-order valence-electron chi connectivity index (χ4n) is 4.65. The van der Waals surface area contributed by atoms with E-state index in [4.69, 9.17) is 11.6 Å². The number of benzene rings is 3. The van der Waals surface area contributed by atoms with Crippen molar-refractivity contribution in [1.82, 2.24) is 9.62 Å². The number of anilines is 1. The van der Waals surface area contributed by atoms with Gasteiger partial charge in [0.05, 0.1) is 17.0 Å². The molecule has 0 spiro atoms. The Bertz CT molecular complexity index is 1430. The summed E-state index contributed by atoms with van der Waals surface area (Å²) in [6.07, 6.45) is 1.58. The number of aryl methyl sites for hydroxylation is 1. The second-order valence-electron chi connectivity index (χ2n) is 9.41. The zero-order valence-electron chi connectivity index (χ0n) is 21.1. The molecule has 1 heterocycles. The number of halogens is 2. The Hall–Kier alpha value is -2.72. The van der Waals surface area contributed by atoms with Gasteiger partial charge in [-0.25, -0.2) is 13.1 Å². The maximum atomic E-state index is 13.6. The monoisotopic (exact) mass is 617 g/mol. The predicted molar refractivity (Wildman–Crippen MR) is 152 cm³/mol. The van der Waals surface area contributed by atoms with E-state index < -0.39 is 16.1 Å². The Balaban J connectivity index is 1.58. The third-order valence-electron chi connectivity index (χ3n) is 6.54. The highest BCUT2D eigenvalue weighted by Gasteiger charge is 2.33. The molecule has 0 bridgehead atoms. The number of sulfonamides is 1. The maximum absolute atomic E-state index is 13.6. The number of nitrogens with one attached hydrogen (secondary N) is 2. The SMILES string of the molecule is CC(=O)Nc1ccc(S(=O)(=O)NC(CC(=O)N2CCCC2c2ccc(Br)cc2Cl)c2ccc(C)cc2)cc1. The number of hydrogen-bond donors (Lipinski definition) is 2. The minimum atomic E-state index is -3.97. The van der Waals surface area contributed by atoms with Gasteiger partial charge >= 0.3 is 0 Å². The number of amides is 2. The molecule has 0 saturated carbocycles. The van der Waals surface area contributed by atoms with Gasteiger partial charge < -0.3 is 10.2 Å². The number of nitrogens with zero attached hydrogens (tertiary/aromatic N) is 1. The predicted octanol–water partition coefficient (Wildman–Crippen LogP) is 6.14. The molecule has 200 valence electrons. The zero-order valence-corrected chi connectivity index (χ0v) is 24.2. The lowest BCUT2D eigenvalue weighted by molar-refractivity contribution is -0.132. The van der Waals surface area contributed by atoms with E-state index in [1.165, 1.54) is 31.2 Å². The smallest absolute Gasteiger partial charge is 0.241 e. The fourth-order valence-corrected chi connectivity index (χ4v) is 6.68. The molecule has 2 atom stereocenters. The van der Waals surface area contributed by atoms with Gasteiger partial charge in [-0.15, -0.1) is 0 Å². The summed E-state index contributed by atoms with van der Waals surface area (Å²) < 4.78 is 30.3. The molecule has 3 aromatic carbocycles. The van der Waals surface area contributed by atoms with Crippen LogP contribution in [0, 0.1) is 6.92 Å². The molecule has 2 unspecified atom stereocenters. The number of carbonyl (C=O) groups is 2. The van der Waals surface area contributed by atoms with Crippen LogP contribution in [0.5, 0.6) is 0 Å². The van der Waals surface area contributed by atoms with Crippen molar-refractivity contribution >= 4 is 55.1 Å². The Labute approximate surface area is 236 Å². The average Bonchev–Trinajstić information content (AvgIpc) is 3.34. The van der Waals surface area contributed by atoms with Crippen LogP contribution in [0.2, 0.25) is 5.02 Å². The number of carbonyl (C=O) groups excluding carboxylic acids is 2. The summed E-state index contributed by atoms with van der Waals surface area (Å²) in [5.74, 6) is -0.401. The topological polar surface area (TPSA) is 95.6 Å². The second-order valence-corrected chi connectivity index (χ2v) is 12.4. The van der Waals surface area contributed by atoms with Crippen molar-refractivity contribution in [2.24, 2.45) is 0 Å². The van der Waals surface area contributed by atoms with Crippen LogP contribution in [0.25, 0.3) is 0 Å². The lowest BCUT2D eigenvalue weighted by Gasteiger charge is -2.28. The maximum Gasteiger partial charge on any atom is 0.241 e. The third-order valence-corrected chi connectivity index (χ3v) is 8.84. The van der Waals surface area contributed by atoms with E-state index in [1.807, 2.05) is 49.4 Å². The highest BCUT2D eigenvalue weighted by atomic mass is 79.9. The quantitative estimate of drug-likeness (QED) is 0.317. The summed E-state index contributed by atoms with van der Waals surface area (Å²) in [6, 6.07) is 18.1. The lowest BCUT2D eigenvalue weighted by Crippen LogP contribution is -2.36. The van der Waals surface area contributed by atoms with E-state index in [-0.39, 0.29) is 29.2 Å². The van der Waals surface area contributed by atoms with Crippen molar-refractivity contribution in [3.63, 3.8) is 0 Å². The van der Waals surface area contributed by atoms with E-state index in [9.17, 15) is 18.0 Å². The van der Waals surface area contributed by atoms with Crippen LogP contribution >= 0.6 is 27.5 Å². The first-order valence-corrected chi connectivity index (χ1v) is 14.9. The van der Waals surface area contributed by atoms with Gasteiger partial charge in [0.2, 0.25) is 21.8 Å². The largest absolute Gasteiger partial charge is 0.336 e. The molecule has 2 amide bonds. The van der Waals surface area contributed by atoms with Crippen molar-refractivity contribution in [1.29, 1.82) is 0 Å². The Morgan fingerprint density at radius 2 is 1.76 bits per heavy atom. The molecule has 7 nitrogen and oxygen atoms in total. The molecule has 1 saturated heterocycles. The Kier molecular flexibility index (Phi) is 8.92. The highest BCUT2D eigenvalue weighted by molar-refractivity contribution is 9.10. The van der Waals surface area contributed by atoms with Crippen molar-refractivity contribution in [3.05, 3.63) is 92.9 Å². The van der Waals surface area contributed by atoms with Gasteiger partial charge in [-0.2, -0.15) is 0 Å². The van der Waals surface area contributed by atoms with Crippen molar-refractivity contribution in [2.75, 3.05) is 11.9 Å². The van der Waals surface area contributed by atoms with Gasteiger partial charge in [-0.3, -0.25) is 9.59 Å². The lowest BCUT2D eigenvalue weighted by atomic mass is 10.0. The summed E-state index contributed by atoms with van der Waals surface area (Å²) in [5, 5.41) is 3.21. The molecule has 0 aliphatic carbocycles. The fraction of sp³-hybridized carbons (Fsp3) is 0.286. The van der Waals surface area contributed by atoms with Gasteiger partial charge in [0.25, 0.3) is 0 Å². The molecule has 0 radical (unpaired) electrons. The van der Waals surface area contributed by atoms with E-state index >= 15 is 0 Å². The van der Waals surface area contributed by atoms with E-state index in [2.05, 4.69) is 26.0 Å². The minimum Gasteiger partial charge on any atom is -0.336 e. The summed E-state index contributed by atoms with van der Waals surface area (Å²) in [4.78, 5) is 26.8. The standard InChI is InChI=1S/C28H29BrClN3O4S/c1-18-5-7-20(8-6-18)26(32-38(36,37)23-12-10-22(11-13-23)31-19(2)34)17-28(35)33-15-3-4-27(33)24-14-9-21(29)16-25(24)30/h5-14,16,26-27,32H,3-4,15,17H2,1-2H3,(H,31,34). The van der Waals surface area contributed by atoms with E-state index in [1.54, 1.807) is 4.90 Å². The highest BCUT2D eigenvalue weighted by Crippen LogP contribution is 2.38. The van der Waals surface area contributed by atoms with Crippen LogP contribution < -0.4 is 10.0 Å². The summed E-state index contributed by atoms with van der Waals surface area (Å²) >= 11 is 9.93. The number of hydrogen-bond acceptors (Lipinski definition) is 4. The Morgan fingerprint density at radius 3 is 2.39 bits per heavy atom. The van der Waals surface area contributed by atoms with Crippen LogP contribution in [0.3, 0.4) is 0 Å². The first kappa shape index (κ1) is 28.3. The van der Waals surface area contributed by atoms with Gasteiger partial charge in [-0.1, -0.05) is 63.4 Å². The summed E-state index contributed by atoms with van der Waals surface area (Å²) in [5.41, 5.74) is 3.10. The molecular weight excluding hydrogens is 590 g/mol. The molecule has 38 heavy (non-hydrogen) atoms. The Morgan fingerprint density at radius 1 is 1.08 bits per heavy atom. The number of rotatable bonds is 8. The molecule has 0 aromatic heterocycles. The second kappa shape index (κ2) is 12.0. The van der Waals surface area contributed by atoms with Gasteiger partial charge in [0.15, 0.2) is 0 Å². The van der Waals surface area contributed by atoms with E-state index in [0.717, 1.165) is 28.4 Å². The molecule has 4 rings (SSSR count). The van der Waals surface area contributed by atoms with Crippen LogP contribution in [0.15, 0.2) is 76.1 Å². The zero-order chi connectivity index (χ0) is 27.4. The van der Waals surface area contributed by atoms with Gasteiger partial charge in [0, 0.05) is 35.1 Å². The number of likely N-dealkylation sites (tertiary alicyclic amines) is 1. The molecule has 1 fully saturated rings. The van der Waals surface area contributed by atoms with Crippen LogP contribution in [0.1, 0.15) is 55.0 Å². The van der Waals surface area contributed by atoms with Crippen molar-refractivity contribution < 1.29 is 18.0 Å². The van der Waals surface area contributed by atoms with Crippen molar-refractivity contribution in [2.45, 2.75) is 50.1 Å². The molecule has 3 aromatic rings. The molecule has 1 aliphatic rings. The molecule has 2 N–H and O–H groups in total. The first-order chi connectivity index (χ1) is 18.0. The minimum absolute atomic E-state index is 0.0388. The van der Waals surface area contributed by atoms with Crippen LogP contribution in [-0.4, -0.2) is 31.7 Å². The van der Waals surface area contributed by atoms with Gasteiger partial charge in [0.1, 0.15) is 0 Å². The molecular formula is C28H29BrClN3O4S. The first-order valence-electron chi connectivity index (χ1n) is 12.2. The van der Waals surface area contributed by atoms with Gasteiger partial charge in [-0.05, 0) is 67.3 Å². The average molecular weight is 619 g/mol. The molecule has 1 aliphatic heterocycles. The third kappa shape index (κ3) is 6.83. The van der Waals surface area contributed by atoms with Crippen LogP contribution in [0.4, 0.5) is 5.69 Å².